The number of hydrogen-bond donors (Lipinski definition) is 1. The van der Waals surface area contributed by atoms with Crippen LogP contribution < -0.4 is 4.74 Å². The number of aliphatic hydroxyl groups excluding tert-OH is 1. The molecule has 1 amide bonds. The van der Waals surface area contributed by atoms with E-state index in [2.05, 4.69) is 0 Å². The van der Waals surface area contributed by atoms with Crippen molar-refractivity contribution in [2.45, 2.75) is 25.6 Å². The molecule has 1 N–H and O–H groups in total. The summed E-state index contributed by atoms with van der Waals surface area (Å²) in [6.07, 6.45) is -0.186. The van der Waals surface area contributed by atoms with Crippen molar-refractivity contribution in [2.24, 2.45) is 0 Å². The number of methoxy groups -OCH3 is 1. The van der Waals surface area contributed by atoms with E-state index in [1.165, 1.54) is 0 Å². The van der Waals surface area contributed by atoms with Gasteiger partial charge in [0.2, 0.25) is 5.91 Å². The first-order chi connectivity index (χ1) is 10.0. The van der Waals surface area contributed by atoms with Gasteiger partial charge in [0.25, 0.3) is 0 Å². The van der Waals surface area contributed by atoms with E-state index in [0.29, 0.717) is 23.9 Å². The topological polar surface area (TPSA) is 59.0 Å². The van der Waals surface area contributed by atoms with Crippen LogP contribution in [0.2, 0.25) is 5.02 Å². The summed E-state index contributed by atoms with van der Waals surface area (Å²) in [6, 6.07) is 5.22. The van der Waals surface area contributed by atoms with E-state index in [-0.39, 0.29) is 31.1 Å². The molecule has 0 bridgehead atoms. The Hall–Kier alpha value is -1.30. The third kappa shape index (κ3) is 4.09. The van der Waals surface area contributed by atoms with Crippen LogP contribution in [0.3, 0.4) is 0 Å². The predicted molar refractivity (Wildman–Crippen MR) is 79.7 cm³/mol. The monoisotopic (exact) mass is 313 g/mol. The fourth-order valence-electron chi connectivity index (χ4n) is 2.51. The van der Waals surface area contributed by atoms with Gasteiger partial charge in [-0.3, -0.25) is 4.79 Å². The van der Waals surface area contributed by atoms with Gasteiger partial charge < -0.3 is 19.5 Å². The highest BCUT2D eigenvalue weighted by molar-refractivity contribution is 6.30. The molecule has 2 unspecified atom stereocenters. The molecule has 5 nitrogen and oxygen atoms in total. The van der Waals surface area contributed by atoms with Gasteiger partial charge in [0, 0.05) is 23.7 Å². The standard InChI is InChI=1S/C15H20ClNO4/c1-10-7-17(8-13(9-18)21-10)15(19)6-11-5-12(16)3-4-14(11)20-2/h3-5,10,13,18H,6-9H2,1-2H3. The highest BCUT2D eigenvalue weighted by atomic mass is 35.5. The zero-order chi connectivity index (χ0) is 15.4. The van der Waals surface area contributed by atoms with Crippen LogP contribution in [0.15, 0.2) is 18.2 Å². The van der Waals surface area contributed by atoms with E-state index in [0.717, 1.165) is 5.56 Å². The van der Waals surface area contributed by atoms with Gasteiger partial charge in [0.1, 0.15) is 5.75 Å². The molecule has 1 aliphatic heterocycles. The molecule has 2 rings (SSSR count). The molecule has 1 aromatic carbocycles. The van der Waals surface area contributed by atoms with Crippen molar-refractivity contribution in [3.05, 3.63) is 28.8 Å². The average molecular weight is 314 g/mol. The number of nitrogens with zero attached hydrogens (tertiary/aromatic N) is 1. The average Bonchev–Trinajstić information content (AvgIpc) is 2.46. The van der Waals surface area contributed by atoms with E-state index < -0.39 is 0 Å². The van der Waals surface area contributed by atoms with Crippen molar-refractivity contribution in [1.82, 2.24) is 4.90 Å². The van der Waals surface area contributed by atoms with E-state index in [4.69, 9.17) is 21.1 Å². The fourth-order valence-corrected chi connectivity index (χ4v) is 2.70. The third-order valence-electron chi connectivity index (χ3n) is 3.47. The molecule has 1 saturated heterocycles. The van der Waals surface area contributed by atoms with Crippen LogP contribution in [-0.2, 0) is 16.0 Å². The second kappa shape index (κ2) is 7.11. The second-order valence-electron chi connectivity index (χ2n) is 5.18. The van der Waals surface area contributed by atoms with Crippen molar-refractivity contribution in [2.75, 3.05) is 26.8 Å². The molecule has 2 atom stereocenters. The number of carbonyl (C=O) groups excluding carboxylic acids is 1. The zero-order valence-electron chi connectivity index (χ0n) is 12.2. The summed E-state index contributed by atoms with van der Waals surface area (Å²) in [6.45, 7) is 2.73. The number of rotatable bonds is 4. The third-order valence-corrected chi connectivity index (χ3v) is 3.70. The molecule has 21 heavy (non-hydrogen) atoms. The summed E-state index contributed by atoms with van der Waals surface area (Å²) < 4.78 is 10.8. The first-order valence-electron chi connectivity index (χ1n) is 6.90. The Morgan fingerprint density at radius 2 is 2.29 bits per heavy atom. The molecule has 0 aliphatic carbocycles. The summed E-state index contributed by atoms with van der Waals surface area (Å²) in [5.74, 6) is 0.622. The highest BCUT2D eigenvalue weighted by Crippen LogP contribution is 2.24. The van der Waals surface area contributed by atoms with Gasteiger partial charge in [0.05, 0.1) is 32.3 Å². The maximum Gasteiger partial charge on any atom is 0.227 e. The van der Waals surface area contributed by atoms with Crippen LogP contribution in [0, 0.1) is 0 Å². The minimum absolute atomic E-state index is 0.0239. The van der Waals surface area contributed by atoms with Crippen molar-refractivity contribution < 1.29 is 19.4 Å². The molecule has 1 aliphatic rings. The molecule has 1 aromatic rings. The van der Waals surface area contributed by atoms with Gasteiger partial charge in [-0.1, -0.05) is 11.6 Å². The van der Waals surface area contributed by atoms with E-state index in [9.17, 15) is 9.90 Å². The van der Waals surface area contributed by atoms with E-state index >= 15 is 0 Å². The van der Waals surface area contributed by atoms with Gasteiger partial charge in [-0.2, -0.15) is 0 Å². The Morgan fingerprint density at radius 3 is 2.95 bits per heavy atom. The molecule has 1 fully saturated rings. The van der Waals surface area contributed by atoms with Crippen molar-refractivity contribution >= 4 is 17.5 Å². The smallest absolute Gasteiger partial charge is 0.227 e. The lowest BCUT2D eigenvalue weighted by atomic mass is 10.1. The number of carbonyl (C=O) groups is 1. The number of halogens is 1. The SMILES string of the molecule is COc1ccc(Cl)cc1CC(=O)N1CC(C)OC(CO)C1. The van der Waals surface area contributed by atoms with E-state index in [1.807, 2.05) is 6.92 Å². The maximum absolute atomic E-state index is 12.4. The lowest BCUT2D eigenvalue weighted by molar-refractivity contribution is -0.146. The second-order valence-corrected chi connectivity index (χ2v) is 5.62. The Kier molecular flexibility index (Phi) is 5.45. The maximum atomic E-state index is 12.4. The lowest BCUT2D eigenvalue weighted by Gasteiger charge is -2.36. The van der Waals surface area contributed by atoms with Gasteiger partial charge >= 0.3 is 0 Å². The number of morpholine rings is 1. The summed E-state index contributed by atoms with van der Waals surface area (Å²) in [5.41, 5.74) is 0.759. The van der Waals surface area contributed by atoms with Gasteiger partial charge in [0.15, 0.2) is 0 Å². The fraction of sp³-hybridized carbons (Fsp3) is 0.533. The predicted octanol–water partition coefficient (Wildman–Crippen LogP) is 1.50. The van der Waals surface area contributed by atoms with Gasteiger partial charge in [-0.05, 0) is 25.1 Å². The number of benzene rings is 1. The highest BCUT2D eigenvalue weighted by Gasteiger charge is 2.28. The molecule has 0 aromatic heterocycles. The van der Waals surface area contributed by atoms with Crippen molar-refractivity contribution in [3.63, 3.8) is 0 Å². The number of hydrogen-bond acceptors (Lipinski definition) is 4. The number of ether oxygens (including phenoxy) is 2. The van der Waals surface area contributed by atoms with Gasteiger partial charge in [-0.25, -0.2) is 0 Å². The van der Waals surface area contributed by atoms with Crippen LogP contribution in [0.25, 0.3) is 0 Å². The molecule has 1 heterocycles. The zero-order valence-corrected chi connectivity index (χ0v) is 13.0. The molecule has 6 heteroatoms. The number of amides is 1. The molecule has 0 spiro atoms. The van der Waals surface area contributed by atoms with Crippen LogP contribution in [-0.4, -0.2) is 54.9 Å². The molecular weight excluding hydrogens is 294 g/mol. The summed E-state index contributed by atoms with van der Waals surface area (Å²) in [7, 11) is 1.57. The van der Waals surface area contributed by atoms with Crippen LogP contribution in [0.5, 0.6) is 5.75 Å². The Labute approximate surface area is 129 Å². The summed E-state index contributed by atoms with van der Waals surface area (Å²) in [4.78, 5) is 14.2. The first kappa shape index (κ1) is 16.1. The minimum atomic E-state index is -0.320. The Bertz CT molecular complexity index is 508. The molecule has 116 valence electrons. The lowest BCUT2D eigenvalue weighted by Crippen LogP contribution is -2.50. The number of aliphatic hydroxyl groups is 1. The van der Waals surface area contributed by atoms with Crippen LogP contribution in [0.4, 0.5) is 0 Å². The van der Waals surface area contributed by atoms with E-state index in [1.54, 1.807) is 30.2 Å². The van der Waals surface area contributed by atoms with Crippen LogP contribution in [0.1, 0.15) is 12.5 Å². The summed E-state index contributed by atoms with van der Waals surface area (Å²) >= 11 is 5.98. The summed E-state index contributed by atoms with van der Waals surface area (Å²) in [5, 5.41) is 9.79. The normalized spacial score (nSPS) is 22.2. The molecule has 0 radical (unpaired) electrons. The van der Waals surface area contributed by atoms with Gasteiger partial charge in [-0.15, -0.1) is 0 Å². The Balaban J connectivity index is 2.08. The molecular formula is C15H20ClNO4. The molecule has 0 saturated carbocycles. The first-order valence-corrected chi connectivity index (χ1v) is 7.27. The van der Waals surface area contributed by atoms with Crippen LogP contribution >= 0.6 is 11.6 Å². The Morgan fingerprint density at radius 1 is 1.52 bits per heavy atom. The minimum Gasteiger partial charge on any atom is -0.496 e. The van der Waals surface area contributed by atoms with Crippen molar-refractivity contribution in [3.8, 4) is 5.75 Å². The largest absolute Gasteiger partial charge is 0.496 e. The van der Waals surface area contributed by atoms with Crippen molar-refractivity contribution in [1.29, 1.82) is 0 Å². The quantitative estimate of drug-likeness (QED) is 0.915.